The Kier molecular flexibility index (Phi) is 5.07. The molecule has 1 aliphatic heterocycles. The SMILES string of the molecule is Cc1noc(C)c1CCC(=O)N1CCC(c2nnc(-c3ccsc3)o2)CC1. The molecule has 4 rings (SSSR count). The molecule has 0 aliphatic carbocycles. The Labute approximate surface area is 161 Å². The maximum atomic E-state index is 12.5. The molecular formula is C19H22N4O3S. The van der Waals surface area contributed by atoms with Crippen LogP contribution in [0.5, 0.6) is 0 Å². The number of piperidine rings is 1. The average Bonchev–Trinajstić information content (AvgIpc) is 3.42. The van der Waals surface area contributed by atoms with E-state index >= 15 is 0 Å². The summed E-state index contributed by atoms with van der Waals surface area (Å²) in [5.41, 5.74) is 2.88. The van der Waals surface area contributed by atoms with Crippen LogP contribution in [0.25, 0.3) is 11.5 Å². The van der Waals surface area contributed by atoms with Crippen LogP contribution < -0.4 is 0 Å². The molecule has 1 fully saturated rings. The fraction of sp³-hybridized carbons (Fsp3) is 0.474. The second-order valence-corrected chi connectivity index (χ2v) is 7.70. The number of nitrogens with zero attached hydrogens (tertiary/aromatic N) is 4. The summed E-state index contributed by atoms with van der Waals surface area (Å²) in [6.07, 6.45) is 2.86. The first kappa shape index (κ1) is 17.9. The van der Waals surface area contributed by atoms with Crippen molar-refractivity contribution in [2.75, 3.05) is 13.1 Å². The molecule has 1 saturated heterocycles. The summed E-state index contributed by atoms with van der Waals surface area (Å²) in [6, 6.07) is 1.97. The molecule has 0 unspecified atom stereocenters. The molecule has 1 aliphatic rings. The number of likely N-dealkylation sites (tertiary alicyclic amines) is 1. The van der Waals surface area contributed by atoms with E-state index in [0.717, 1.165) is 48.5 Å². The predicted octanol–water partition coefficient (Wildman–Crippen LogP) is 3.74. The lowest BCUT2D eigenvalue weighted by Gasteiger charge is -2.30. The highest BCUT2D eigenvalue weighted by atomic mass is 32.1. The van der Waals surface area contributed by atoms with Gasteiger partial charge in [0.25, 0.3) is 0 Å². The summed E-state index contributed by atoms with van der Waals surface area (Å²) >= 11 is 1.61. The minimum absolute atomic E-state index is 0.179. The van der Waals surface area contributed by atoms with Gasteiger partial charge in [0.05, 0.1) is 5.69 Å². The van der Waals surface area contributed by atoms with Gasteiger partial charge in [0.1, 0.15) is 5.76 Å². The van der Waals surface area contributed by atoms with E-state index in [1.54, 1.807) is 11.3 Å². The lowest BCUT2D eigenvalue weighted by atomic mass is 9.96. The zero-order valence-corrected chi connectivity index (χ0v) is 16.3. The van der Waals surface area contributed by atoms with Crippen molar-refractivity contribution in [1.29, 1.82) is 0 Å². The third-order valence-corrected chi connectivity index (χ3v) is 5.86. The van der Waals surface area contributed by atoms with Crippen LogP contribution in [0.15, 0.2) is 25.8 Å². The molecular weight excluding hydrogens is 364 g/mol. The molecule has 3 aromatic heterocycles. The van der Waals surface area contributed by atoms with Gasteiger partial charge in [-0.05, 0) is 44.6 Å². The second kappa shape index (κ2) is 7.64. The van der Waals surface area contributed by atoms with Crippen LogP contribution in [0.1, 0.15) is 48.1 Å². The molecule has 0 radical (unpaired) electrons. The van der Waals surface area contributed by atoms with Crippen LogP contribution in [-0.4, -0.2) is 39.3 Å². The Hall–Kier alpha value is -2.48. The monoisotopic (exact) mass is 386 g/mol. The highest BCUT2D eigenvalue weighted by molar-refractivity contribution is 7.08. The Morgan fingerprint density at radius 1 is 1.30 bits per heavy atom. The zero-order chi connectivity index (χ0) is 18.8. The molecule has 0 aromatic carbocycles. The van der Waals surface area contributed by atoms with E-state index < -0.39 is 0 Å². The minimum Gasteiger partial charge on any atom is -0.420 e. The van der Waals surface area contributed by atoms with Crippen molar-refractivity contribution >= 4 is 17.2 Å². The largest absolute Gasteiger partial charge is 0.420 e. The van der Waals surface area contributed by atoms with Gasteiger partial charge < -0.3 is 13.8 Å². The highest BCUT2D eigenvalue weighted by Gasteiger charge is 2.27. The van der Waals surface area contributed by atoms with Gasteiger partial charge in [-0.15, -0.1) is 10.2 Å². The summed E-state index contributed by atoms with van der Waals surface area (Å²) in [5, 5.41) is 16.3. The fourth-order valence-electron chi connectivity index (χ4n) is 3.53. The maximum absolute atomic E-state index is 12.5. The van der Waals surface area contributed by atoms with Crippen molar-refractivity contribution in [3.63, 3.8) is 0 Å². The molecule has 27 heavy (non-hydrogen) atoms. The van der Waals surface area contributed by atoms with Gasteiger partial charge in [-0.1, -0.05) is 5.16 Å². The molecule has 142 valence electrons. The van der Waals surface area contributed by atoms with E-state index in [2.05, 4.69) is 15.4 Å². The van der Waals surface area contributed by atoms with E-state index in [1.807, 2.05) is 35.6 Å². The van der Waals surface area contributed by atoms with Crippen molar-refractivity contribution in [2.24, 2.45) is 0 Å². The predicted molar refractivity (Wildman–Crippen MR) is 100 cm³/mol. The van der Waals surface area contributed by atoms with Crippen LogP contribution in [-0.2, 0) is 11.2 Å². The van der Waals surface area contributed by atoms with E-state index in [0.29, 0.717) is 24.6 Å². The quantitative estimate of drug-likeness (QED) is 0.664. The van der Waals surface area contributed by atoms with Gasteiger partial charge in [0.2, 0.25) is 17.7 Å². The summed E-state index contributed by atoms with van der Waals surface area (Å²) in [6.45, 7) is 5.25. The van der Waals surface area contributed by atoms with E-state index in [9.17, 15) is 4.79 Å². The van der Waals surface area contributed by atoms with Gasteiger partial charge in [0, 0.05) is 41.9 Å². The standard InChI is InChI=1S/C19H22N4O3S/c1-12-16(13(2)26-22-12)3-4-17(24)23-8-5-14(6-9-23)18-20-21-19(25-18)15-7-10-27-11-15/h7,10-11,14H,3-6,8-9H2,1-2H3. The van der Waals surface area contributed by atoms with Crippen LogP contribution in [0.3, 0.4) is 0 Å². The summed E-state index contributed by atoms with van der Waals surface area (Å²) < 4.78 is 11.0. The number of carbonyl (C=O) groups excluding carboxylic acids is 1. The Morgan fingerprint density at radius 3 is 2.78 bits per heavy atom. The normalized spacial score (nSPS) is 15.4. The van der Waals surface area contributed by atoms with Crippen molar-refractivity contribution in [3.8, 4) is 11.5 Å². The lowest BCUT2D eigenvalue weighted by Crippen LogP contribution is -2.38. The van der Waals surface area contributed by atoms with Gasteiger partial charge in [-0.25, -0.2) is 0 Å². The first-order valence-corrected chi connectivity index (χ1v) is 10.1. The van der Waals surface area contributed by atoms with Crippen LogP contribution in [0.4, 0.5) is 0 Å². The molecule has 0 N–H and O–H groups in total. The maximum Gasteiger partial charge on any atom is 0.248 e. The Bertz CT molecular complexity index is 888. The number of aryl methyl sites for hydroxylation is 2. The molecule has 8 heteroatoms. The van der Waals surface area contributed by atoms with Crippen molar-refractivity contribution in [1.82, 2.24) is 20.3 Å². The average molecular weight is 386 g/mol. The van der Waals surface area contributed by atoms with Crippen LogP contribution in [0, 0.1) is 13.8 Å². The van der Waals surface area contributed by atoms with Crippen molar-refractivity contribution in [3.05, 3.63) is 39.7 Å². The number of rotatable bonds is 5. The van der Waals surface area contributed by atoms with E-state index in [1.165, 1.54) is 0 Å². The molecule has 4 heterocycles. The third-order valence-electron chi connectivity index (χ3n) is 5.18. The lowest BCUT2D eigenvalue weighted by molar-refractivity contribution is -0.132. The number of amides is 1. The molecule has 0 saturated carbocycles. The summed E-state index contributed by atoms with van der Waals surface area (Å²) in [7, 11) is 0. The minimum atomic E-state index is 0.179. The number of hydrogen-bond donors (Lipinski definition) is 0. The molecule has 0 spiro atoms. The smallest absolute Gasteiger partial charge is 0.248 e. The van der Waals surface area contributed by atoms with Gasteiger partial charge in [-0.2, -0.15) is 11.3 Å². The van der Waals surface area contributed by atoms with Crippen LogP contribution in [0.2, 0.25) is 0 Å². The van der Waals surface area contributed by atoms with E-state index in [-0.39, 0.29) is 11.8 Å². The number of hydrogen-bond acceptors (Lipinski definition) is 7. The molecule has 0 bridgehead atoms. The summed E-state index contributed by atoms with van der Waals surface area (Å²) in [5.74, 6) is 2.45. The molecule has 0 atom stereocenters. The first-order valence-electron chi connectivity index (χ1n) is 9.17. The number of carbonyl (C=O) groups is 1. The topological polar surface area (TPSA) is 85.3 Å². The molecule has 3 aromatic rings. The van der Waals surface area contributed by atoms with Crippen molar-refractivity contribution in [2.45, 2.75) is 45.4 Å². The second-order valence-electron chi connectivity index (χ2n) is 6.92. The molecule has 7 nitrogen and oxygen atoms in total. The van der Waals surface area contributed by atoms with Gasteiger partial charge in [-0.3, -0.25) is 4.79 Å². The molecule has 1 amide bonds. The highest BCUT2D eigenvalue weighted by Crippen LogP contribution is 2.30. The number of aromatic nitrogens is 3. The van der Waals surface area contributed by atoms with Crippen molar-refractivity contribution < 1.29 is 13.7 Å². The van der Waals surface area contributed by atoms with Crippen LogP contribution >= 0.6 is 11.3 Å². The number of thiophene rings is 1. The Balaban J connectivity index is 1.30. The Morgan fingerprint density at radius 2 is 2.11 bits per heavy atom. The first-order chi connectivity index (χ1) is 13.1. The zero-order valence-electron chi connectivity index (χ0n) is 15.5. The van der Waals surface area contributed by atoms with E-state index in [4.69, 9.17) is 8.94 Å². The summed E-state index contributed by atoms with van der Waals surface area (Å²) in [4.78, 5) is 14.5. The van der Waals surface area contributed by atoms with Gasteiger partial charge in [0.15, 0.2) is 0 Å². The third kappa shape index (κ3) is 3.80. The van der Waals surface area contributed by atoms with Gasteiger partial charge >= 0.3 is 0 Å². The fourth-order valence-corrected chi connectivity index (χ4v) is 4.16.